The van der Waals surface area contributed by atoms with E-state index in [0.29, 0.717) is 43.5 Å². The highest BCUT2D eigenvalue weighted by molar-refractivity contribution is 5.82. The molecule has 1 saturated carbocycles. The lowest BCUT2D eigenvalue weighted by Crippen LogP contribution is -2.41. The Morgan fingerprint density at radius 1 is 1.00 bits per heavy atom. The highest BCUT2D eigenvalue weighted by Gasteiger charge is 2.39. The minimum atomic E-state index is -4.72. The molecule has 3 aliphatic rings. The van der Waals surface area contributed by atoms with Gasteiger partial charge in [0.05, 0.1) is 18.0 Å². The Bertz CT molecular complexity index is 1820. The molecule has 1 aromatic heterocycles. The van der Waals surface area contributed by atoms with E-state index in [-0.39, 0.29) is 17.9 Å². The molecule has 1 amide bonds. The van der Waals surface area contributed by atoms with Crippen LogP contribution in [0.5, 0.6) is 0 Å². The van der Waals surface area contributed by atoms with Gasteiger partial charge in [0, 0.05) is 18.8 Å². The number of nitrogens with zero attached hydrogens (tertiary/aromatic N) is 2. The zero-order valence-electron chi connectivity index (χ0n) is 30.1. The van der Waals surface area contributed by atoms with Crippen molar-refractivity contribution in [2.24, 2.45) is 11.8 Å². The molecule has 6 rings (SSSR count). The Morgan fingerprint density at radius 2 is 1.69 bits per heavy atom. The molecule has 2 atom stereocenters. The van der Waals surface area contributed by atoms with Crippen LogP contribution in [0, 0.1) is 25.7 Å². The number of piperidine rings is 1. The number of aromatic nitrogens is 1. The molecule has 0 radical (unpaired) electrons. The summed E-state index contributed by atoms with van der Waals surface area (Å²) in [6, 6.07) is 8.70. The summed E-state index contributed by atoms with van der Waals surface area (Å²) in [5, 5.41) is 13.0. The summed E-state index contributed by atoms with van der Waals surface area (Å²) in [5.74, 6) is -1.49. The number of hydrogen-bond donors (Lipinski definition) is 2. The van der Waals surface area contributed by atoms with E-state index >= 15 is 0 Å². The molecule has 2 N–H and O–H groups in total. The number of aryl methyl sites for hydroxylation is 3. The van der Waals surface area contributed by atoms with Gasteiger partial charge in [-0.25, -0.2) is 0 Å². The Labute approximate surface area is 298 Å². The molecule has 10 heteroatoms. The van der Waals surface area contributed by atoms with Crippen molar-refractivity contribution in [3.05, 3.63) is 91.9 Å². The average molecular weight is 706 g/mol. The fourth-order valence-corrected chi connectivity index (χ4v) is 8.35. The van der Waals surface area contributed by atoms with Gasteiger partial charge in [-0.15, -0.1) is 0 Å². The minimum Gasteiger partial charge on any atom is -0.481 e. The molecule has 2 fully saturated rings. The van der Waals surface area contributed by atoms with Crippen LogP contribution in [-0.4, -0.2) is 46.1 Å². The lowest BCUT2D eigenvalue weighted by molar-refractivity contribution is -0.139. The molecule has 2 aliphatic carbocycles. The smallest absolute Gasteiger partial charge is 0.416 e. The molecular weight excluding hydrogens is 655 g/mol. The number of pyridine rings is 1. The highest BCUT2D eigenvalue weighted by atomic mass is 19.4. The highest BCUT2D eigenvalue weighted by Crippen LogP contribution is 2.41. The number of rotatable bonds is 12. The third-order valence-electron chi connectivity index (χ3n) is 11.1. The van der Waals surface area contributed by atoms with Gasteiger partial charge in [-0.1, -0.05) is 38.1 Å². The number of alkyl halides is 3. The molecule has 1 saturated heterocycles. The number of fused-ring (bicyclic) bond motifs is 1. The first-order chi connectivity index (χ1) is 24.2. The fraction of sp³-hybridized carbons (Fsp3) is 0.537. The first-order valence-electron chi connectivity index (χ1n) is 18.5. The minimum absolute atomic E-state index is 0.0497. The standard InChI is InChI=1S/C41H50F3N3O4/c1-24(2)17-36(47-23-33(34(20-37(47)48)41(42,43)44)28-13-15-46(16-14-28)22-27-11-12-27)40(51)45-35(21-38(49)50)30-18-29-9-6-10-31(29)32(19-30)39-25(3)7-5-8-26(39)4/h5,7-8,18-20,23-24,27-28,35-36H,6,9-17,21-22H2,1-4H3,(H,45,51)(H,49,50)/t35-,36-/m0/s1. The number of carbonyl (C=O) groups is 2. The largest absolute Gasteiger partial charge is 0.481 e. The quantitative estimate of drug-likeness (QED) is 0.199. The van der Waals surface area contributed by atoms with E-state index < -0.39 is 53.6 Å². The number of amides is 1. The molecule has 7 nitrogen and oxygen atoms in total. The number of aliphatic carboxylic acids is 1. The molecule has 2 heterocycles. The second-order valence-corrected chi connectivity index (χ2v) is 15.5. The van der Waals surface area contributed by atoms with E-state index in [0.717, 1.165) is 53.6 Å². The second-order valence-electron chi connectivity index (χ2n) is 15.5. The van der Waals surface area contributed by atoms with Gasteiger partial charge in [-0.2, -0.15) is 13.2 Å². The Kier molecular flexibility index (Phi) is 10.8. The van der Waals surface area contributed by atoms with Crippen LogP contribution in [0.4, 0.5) is 13.2 Å². The van der Waals surface area contributed by atoms with Crippen molar-refractivity contribution in [3.63, 3.8) is 0 Å². The Balaban J connectivity index is 1.36. The topological polar surface area (TPSA) is 91.6 Å². The van der Waals surface area contributed by atoms with Crippen molar-refractivity contribution in [1.82, 2.24) is 14.8 Å². The number of hydrogen-bond acceptors (Lipinski definition) is 4. The second kappa shape index (κ2) is 15.0. The van der Waals surface area contributed by atoms with Gasteiger partial charge in [0.15, 0.2) is 0 Å². The summed E-state index contributed by atoms with van der Waals surface area (Å²) in [7, 11) is 0. The predicted molar refractivity (Wildman–Crippen MR) is 192 cm³/mol. The maximum atomic E-state index is 14.4. The molecule has 3 aromatic rings. The monoisotopic (exact) mass is 705 g/mol. The summed E-state index contributed by atoms with van der Waals surface area (Å²) >= 11 is 0. The van der Waals surface area contributed by atoms with Gasteiger partial charge in [-0.3, -0.25) is 14.4 Å². The number of halogens is 3. The van der Waals surface area contributed by atoms with Gasteiger partial charge in [-0.05, 0) is 147 Å². The number of carboxylic acids is 1. The maximum absolute atomic E-state index is 14.4. The van der Waals surface area contributed by atoms with Crippen LogP contribution >= 0.6 is 0 Å². The fourth-order valence-electron chi connectivity index (χ4n) is 8.35. The van der Waals surface area contributed by atoms with E-state index in [1.165, 1.54) is 29.2 Å². The van der Waals surface area contributed by atoms with E-state index in [2.05, 4.69) is 36.2 Å². The van der Waals surface area contributed by atoms with Crippen molar-refractivity contribution in [3.8, 4) is 11.1 Å². The molecule has 0 spiro atoms. The van der Waals surface area contributed by atoms with Gasteiger partial charge in [0.25, 0.3) is 5.56 Å². The van der Waals surface area contributed by atoms with E-state index in [1.54, 1.807) is 0 Å². The van der Waals surface area contributed by atoms with Crippen LogP contribution < -0.4 is 10.9 Å². The number of benzene rings is 2. The van der Waals surface area contributed by atoms with E-state index in [1.807, 2.05) is 32.0 Å². The molecule has 274 valence electrons. The summed E-state index contributed by atoms with van der Waals surface area (Å²) in [4.78, 5) is 42.4. The molecule has 1 aliphatic heterocycles. The number of likely N-dealkylation sites (tertiary alicyclic amines) is 1. The Hall–Kier alpha value is -3.92. The average Bonchev–Trinajstić information content (AvgIpc) is 3.74. The first kappa shape index (κ1) is 36.9. The third kappa shape index (κ3) is 8.43. The van der Waals surface area contributed by atoms with Crippen molar-refractivity contribution >= 4 is 11.9 Å². The molecular formula is C41H50F3N3O4. The van der Waals surface area contributed by atoms with Gasteiger partial charge in [0.2, 0.25) is 5.91 Å². The molecule has 0 bridgehead atoms. The Morgan fingerprint density at radius 3 is 2.29 bits per heavy atom. The van der Waals surface area contributed by atoms with Crippen LogP contribution in [-0.2, 0) is 28.6 Å². The zero-order valence-corrected chi connectivity index (χ0v) is 30.1. The zero-order chi connectivity index (χ0) is 36.6. The number of carboxylic acid groups (broad SMARTS) is 1. The third-order valence-corrected chi connectivity index (χ3v) is 11.1. The number of carbonyl (C=O) groups excluding carboxylic acids is 1. The van der Waals surface area contributed by atoms with E-state index in [4.69, 9.17) is 0 Å². The van der Waals surface area contributed by atoms with Crippen LogP contribution in [0.2, 0.25) is 0 Å². The first-order valence-corrected chi connectivity index (χ1v) is 18.5. The van der Waals surface area contributed by atoms with Crippen molar-refractivity contribution in [2.45, 2.75) is 110 Å². The normalized spacial score (nSPS) is 18.1. The van der Waals surface area contributed by atoms with Gasteiger partial charge in [0.1, 0.15) is 6.04 Å². The van der Waals surface area contributed by atoms with Crippen LogP contribution in [0.3, 0.4) is 0 Å². The summed E-state index contributed by atoms with van der Waals surface area (Å²) in [5.41, 5.74) is 5.56. The lowest BCUT2D eigenvalue weighted by Gasteiger charge is -2.34. The van der Waals surface area contributed by atoms with E-state index in [9.17, 15) is 32.7 Å². The molecule has 2 aromatic carbocycles. The predicted octanol–water partition coefficient (Wildman–Crippen LogP) is 8.15. The van der Waals surface area contributed by atoms with Gasteiger partial charge >= 0.3 is 12.1 Å². The van der Waals surface area contributed by atoms with Gasteiger partial charge < -0.3 is 19.9 Å². The maximum Gasteiger partial charge on any atom is 0.416 e. The number of nitrogens with one attached hydrogen (secondary N) is 1. The lowest BCUT2D eigenvalue weighted by atomic mass is 9.86. The molecule has 51 heavy (non-hydrogen) atoms. The summed E-state index contributed by atoms with van der Waals surface area (Å²) in [6.07, 6.45) is 2.56. The van der Waals surface area contributed by atoms with Crippen molar-refractivity contribution < 1.29 is 27.9 Å². The SMILES string of the molecule is Cc1cccc(C)c1-c1cc([C@H](CC(=O)O)NC(=O)[C@H](CC(C)C)n2cc(C3CCN(CC4CC4)CC3)c(C(F)(F)F)cc2=O)cc2c1CCC2. The summed E-state index contributed by atoms with van der Waals surface area (Å²) in [6.45, 7) is 10.2. The van der Waals surface area contributed by atoms with Crippen LogP contribution in [0.1, 0.15) is 116 Å². The van der Waals surface area contributed by atoms with Crippen molar-refractivity contribution in [2.75, 3.05) is 19.6 Å². The summed E-state index contributed by atoms with van der Waals surface area (Å²) < 4.78 is 44.5. The molecule has 0 unspecified atom stereocenters. The van der Waals surface area contributed by atoms with Crippen LogP contribution in [0.25, 0.3) is 11.1 Å². The van der Waals surface area contributed by atoms with Crippen molar-refractivity contribution in [1.29, 1.82) is 0 Å². The van der Waals surface area contributed by atoms with Crippen LogP contribution in [0.15, 0.2) is 47.4 Å².